The third kappa shape index (κ3) is 52.9. The Labute approximate surface area is 616 Å². The van der Waals surface area contributed by atoms with Gasteiger partial charge in [0, 0.05) is 6.42 Å². The number of aliphatic hydroxyl groups is 8. The van der Waals surface area contributed by atoms with Crippen molar-refractivity contribution in [2.24, 2.45) is 0 Å². The van der Waals surface area contributed by atoms with Crippen LogP contribution in [0.3, 0.4) is 0 Å². The molecule has 2 rings (SSSR count). The molecule has 2 aliphatic rings. The van der Waals surface area contributed by atoms with Crippen molar-refractivity contribution in [1.29, 1.82) is 0 Å². The fraction of sp³-hybridized carbons (Fsp3) is 0.988. The van der Waals surface area contributed by atoms with Crippen LogP contribution in [-0.2, 0) is 23.7 Å². The molecule has 0 aromatic carbocycles. The summed E-state index contributed by atoms with van der Waals surface area (Å²) in [5, 5.41) is 88.0. The predicted octanol–water partition coefficient (Wildman–Crippen LogP) is 21.0. The number of unbranched alkanes of at least 4 members (excludes halogenated alkanes) is 64. The van der Waals surface area contributed by atoms with E-state index >= 15 is 0 Å². The van der Waals surface area contributed by atoms with Gasteiger partial charge in [-0.1, -0.05) is 431 Å². The fourth-order valence-corrected chi connectivity index (χ4v) is 15.4. The van der Waals surface area contributed by atoms with Crippen molar-refractivity contribution < 1.29 is 64.6 Å². The van der Waals surface area contributed by atoms with Gasteiger partial charge in [0.25, 0.3) is 0 Å². The van der Waals surface area contributed by atoms with E-state index < -0.39 is 86.8 Å². The second kappa shape index (κ2) is 70.9. The molecule has 100 heavy (non-hydrogen) atoms. The van der Waals surface area contributed by atoms with Crippen LogP contribution in [0.5, 0.6) is 0 Å². The third-order valence-electron chi connectivity index (χ3n) is 22.3. The van der Waals surface area contributed by atoms with Gasteiger partial charge in [0.2, 0.25) is 5.91 Å². The van der Waals surface area contributed by atoms with Crippen molar-refractivity contribution in [3.63, 3.8) is 0 Å². The molecule has 0 radical (unpaired) electrons. The van der Waals surface area contributed by atoms with E-state index in [-0.39, 0.29) is 12.5 Å². The standard InChI is InChI=1S/C86H169NO13/c1-3-5-7-9-11-13-15-17-19-21-23-25-27-29-31-33-35-36-37-38-40-42-44-46-48-50-52-54-56-58-60-62-64-66-68-70-78(91)87-74(73-97-85-83(96)81(94)84(77(72-89)99-85)100-86-82(95)80(93)79(92)76(71-88)98-86)75(90)69-67-65-63-61-59-57-55-53-51-49-47-45-43-41-39-34-32-30-28-26-24-22-20-18-16-14-12-10-8-6-4-2/h74-77,79-86,88-90,92-96H,3-73H2,1-2H3,(H,87,91). The highest BCUT2D eigenvalue weighted by atomic mass is 16.7. The van der Waals surface area contributed by atoms with Gasteiger partial charge in [-0.2, -0.15) is 0 Å². The molecule has 1 amide bonds. The molecular weight excluding hydrogens is 1250 g/mol. The number of carbonyl (C=O) groups excluding carboxylic acids is 1. The summed E-state index contributed by atoms with van der Waals surface area (Å²) in [5.74, 6) is -0.194. The summed E-state index contributed by atoms with van der Waals surface area (Å²) in [6.45, 7) is 2.96. The summed E-state index contributed by atoms with van der Waals surface area (Å²) >= 11 is 0. The van der Waals surface area contributed by atoms with Gasteiger partial charge in [-0.3, -0.25) is 4.79 Å². The summed E-state index contributed by atoms with van der Waals surface area (Å²) in [4.78, 5) is 13.4. The maximum Gasteiger partial charge on any atom is 0.220 e. The van der Waals surface area contributed by atoms with E-state index in [1.165, 1.54) is 372 Å². The highest BCUT2D eigenvalue weighted by Crippen LogP contribution is 2.31. The van der Waals surface area contributed by atoms with Gasteiger partial charge in [0.15, 0.2) is 12.6 Å². The lowest BCUT2D eigenvalue weighted by Crippen LogP contribution is -2.65. The molecule has 0 aromatic heterocycles. The summed E-state index contributed by atoms with van der Waals surface area (Å²) in [5.41, 5.74) is 0. The molecule has 2 aliphatic heterocycles. The number of nitrogens with one attached hydrogen (secondary N) is 1. The first-order chi connectivity index (χ1) is 49.1. The molecule has 2 heterocycles. The highest BCUT2D eigenvalue weighted by Gasteiger charge is 2.51. The largest absolute Gasteiger partial charge is 0.394 e. The second-order valence-corrected chi connectivity index (χ2v) is 31.7. The number of carbonyl (C=O) groups is 1. The van der Waals surface area contributed by atoms with E-state index in [9.17, 15) is 45.6 Å². The zero-order chi connectivity index (χ0) is 72.2. The second-order valence-electron chi connectivity index (χ2n) is 31.7. The van der Waals surface area contributed by atoms with Gasteiger partial charge in [-0.15, -0.1) is 0 Å². The van der Waals surface area contributed by atoms with Gasteiger partial charge in [-0.25, -0.2) is 0 Å². The van der Waals surface area contributed by atoms with Gasteiger partial charge >= 0.3 is 0 Å². The molecular formula is C86H169NO13. The SMILES string of the molecule is CCCCCCCCCCCCCCCCCCCCCCCCCCCCCCCCCCCCCC(=O)NC(COC1OC(CO)C(OC2OC(CO)C(O)C(O)C2O)C(O)C1O)C(O)CCCCCCCCCCCCCCCCCCCCCCCCCCCCCCCCC. The molecule has 0 saturated carbocycles. The minimum atomic E-state index is -1.78. The Hall–Kier alpha value is -1.01. The van der Waals surface area contributed by atoms with Crippen LogP contribution >= 0.6 is 0 Å². The van der Waals surface area contributed by atoms with E-state index in [1.807, 2.05) is 0 Å². The zero-order valence-corrected chi connectivity index (χ0v) is 65.8. The van der Waals surface area contributed by atoms with Crippen molar-refractivity contribution in [2.75, 3.05) is 19.8 Å². The molecule has 14 heteroatoms. The van der Waals surface area contributed by atoms with E-state index in [0.29, 0.717) is 12.8 Å². The number of aliphatic hydroxyl groups excluding tert-OH is 8. The molecule has 0 aliphatic carbocycles. The van der Waals surface area contributed by atoms with Crippen LogP contribution in [0.25, 0.3) is 0 Å². The van der Waals surface area contributed by atoms with Crippen molar-refractivity contribution in [1.82, 2.24) is 5.32 Å². The predicted molar refractivity (Wildman–Crippen MR) is 416 cm³/mol. The number of amides is 1. The Balaban J connectivity index is 1.56. The minimum absolute atomic E-state index is 0.194. The molecule has 12 atom stereocenters. The highest BCUT2D eigenvalue weighted by molar-refractivity contribution is 5.76. The van der Waals surface area contributed by atoms with Crippen molar-refractivity contribution in [3.8, 4) is 0 Å². The van der Waals surface area contributed by atoms with Crippen molar-refractivity contribution in [3.05, 3.63) is 0 Å². The van der Waals surface area contributed by atoms with Crippen LogP contribution < -0.4 is 5.32 Å². The molecule has 2 saturated heterocycles. The monoisotopic (exact) mass is 1420 g/mol. The quantitative estimate of drug-likeness (QED) is 0.0259. The molecule has 2 fully saturated rings. The first kappa shape index (κ1) is 95.1. The first-order valence-electron chi connectivity index (χ1n) is 44.3. The van der Waals surface area contributed by atoms with E-state index in [1.54, 1.807) is 0 Å². The number of rotatable bonds is 77. The molecule has 12 unspecified atom stereocenters. The van der Waals surface area contributed by atoms with Crippen LogP contribution in [0.1, 0.15) is 450 Å². The first-order valence-corrected chi connectivity index (χ1v) is 44.3. The third-order valence-corrected chi connectivity index (χ3v) is 22.3. The van der Waals surface area contributed by atoms with Crippen LogP contribution in [0.15, 0.2) is 0 Å². The smallest absolute Gasteiger partial charge is 0.220 e. The average molecular weight is 1430 g/mol. The number of hydrogen-bond acceptors (Lipinski definition) is 13. The summed E-state index contributed by atoms with van der Waals surface area (Å²) in [7, 11) is 0. The lowest BCUT2D eigenvalue weighted by Gasteiger charge is -2.46. The molecule has 0 aromatic rings. The molecule has 14 nitrogen and oxygen atoms in total. The molecule has 0 bridgehead atoms. The number of ether oxygens (including phenoxy) is 4. The average Bonchev–Trinajstić information content (AvgIpc) is 0.790. The van der Waals surface area contributed by atoms with Crippen molar-refractivity contribution >= 4 is 5.91 Å². The Morgan fingerprint density at radius 2 is 0.570 bits per heavy atom. The lowest BCUT2D eigenvalue weighted by atomic mass is 9.97. The van der Waals surface area contributed by atoms with Crippen LogP contribution in [0.4, 0.5) is 0 Å². The Kier molecular flexibility index (Phi) is 67.4. The fourth-order valence-electron chi connectivity index (χ4n) is 15.4. The van der Waals surface area contributed by atoms with Gasteiger partial charge in [-0.05, 0) is 12.8 Å². The Bertz CT molecular complexity index is 1680. The van der Waals surface area contributed by atoms with Gasteiger partial charge in [0.05, 0.1) is 32.0 Å². The normalized spacial score (nSPS) is 21.7. The van der Waals surface area contributed by atoms with Crippen LogP contribution in [-0.4, -0.2) is 140 Å². The minimum Gasteiger partial charge on any atom is -0.394 e. The maximum atomic E-state index is 13.4. The summed E-state index contributed by atoms with van der Waals surface area (Å²) in [6.07, 6.45) is 73.2. The molecule has 596 valence electrons. The number of hydrogen-bond donors (Lipinski definition) is 9. The Morgan fingerprint density at radius 1 is 0.320 bits per heavy atom. The Morgan fingerprint density at radius 3 is 0.850 bits per heavy atom. The van der Waals surface area contributed by atoms with Gasteiger partial charge < -0.3 is 65.1 Å². The van der Waals surface area contributed by atoms with E-state index in [0.717, 1.165) is 51.4 Å². The van der Waals surface area contributed by atoms with Crippen LogP contribution in [0.2, 0.25) is 0 Å². The van der Waals surface area contributed by atoms with E-state index in [4.69, 9.17) is 18.9 Å². The topological polar surface area (TPSA) is 228 Å². The lowest BCUT2D eigenvalue weighted by molar-refractivity contribution is -0.359. The molecule has 9 N–H and O–H groups in total. The van der Waals surface area contributed by atoms with E-state index in [2.05, 4.69) is 19.2 Å². The van der Waals surface area contributed by atoms with Crippen molar-refractivity contribution in [2.45, 2.75) is 524 Å². The van der Waals surface area contributed by atoms with Crippen LogP contribution in [0, 0.1) is 0 Å². The zero-order valence-electron chi connectivity index (χ0n) is 65.8. The van der Waals surface area contributed by atoms with Gasteiger partial charge in [0.1, 0.15) is 48.8 Å². The maximum absolute atomic E-state index is 13.4. The summed E-state index contributed by atoms with van der Waals surface area (Å²) in [6, 6.07) is -0.826. The summed E-state index contributed by atoms with van der Waals surface area (Å²) < 4.78 is 23.0. The molecule has 0 spiro atoms.